The summed E-state index contributed by atoms with van der Waals surface area (Å²) in [5.41, 5.74) is 1.42. The molecular formula is C20H20N4O5. The summed E-state index contributed by atoms with van der Waals surface area (Å²) in [6, 6.07) is 11.3. The zero-order valence-corrected chi connectivity index (χ0v) is 15.8. The summed E-state index contributed by atoms with van der Waals surface area (Å²) in [4.78, 5) is 49.4. The van der Waals surface area contributed by atoms with Gasteiger partial charge in [-0.25, -0.2) is 4.79 Å². The predicted molar refractivity (Wildman–Crippen MR) is 106 cm³/mol. The zero-order valence-electron chi connectivity index (χ0n) is 15.8. The third kappa shape index (κ3) is 4.40. The van der Waals surface area contributed by atoms with Crippen molar-refractivity contribution in [2.75, 3.05) is 18.5 Å². The molecule has 9 nitrogen and oxygen atoms in total. The fourth-order valence-electron chi connectivity index (χ4n) is 3.27. The van der Waals surface area contributed by atoms with E-state index in [0.29, 0.717) is 18.5 Å². The number of urea groups is 1. The lowest BCUT2D eigenvalue weighted by molar-refractivity contribution is -0.384. The molecule has 150 valence electrons. The topological polar surface area (TPSA) is 122 Å². The normalized spacial score (nSPS) is 15.8. The number of aryl methyl sites for hydroxylation is 1. The number of nitro groups is 1. The lowest BCUT2D eigenvalue weighted by atomic mass is 10.1. The molecule has 1 heterocycles. The summed E-state index contributed by atoms with van der Waals surface area (Å²) in [6.45, 7) is -0.289. The maximum Gasteiger partial charge on any atom is 0.315 e. The average molecular weight is 396 g/mol. The minimum absolute atomic E-state index is 0.143. The molecule has 0 aliphatic carbocycles. The highest BCUT2D eigenvalue weighted by molar-refractivity contribution is 6.08. The predicted octanol–water partition coefficient (Wildman–Crippen LogP) is 2.05. The minimum Gasteiger partial charge on any atom is -0.341 e. The van der Waals surface area contributed by atoms with Crippen LogP contribution in [0.15, 0.2) is 48.5 Å². The molecule has 2 N–H and O–H groups in total. The fourth-order valence-corrected chi connectivity index (χ4v) is 3.27. The Labute approximate surface area is 166 Å². The van der Waals surface area contributed by atoms with Gasteiger partial charge in [0.1, 0.15) is 6.04 Å². The van der Waals surface area contributed by atoms with Gasteiger partial charge in [0.05, 0.1) is 11.5 Å². The molecule has 0 radical (unpaired) electrons. The highest BCUT2D eigenvalue weighted by Gasteiger charge is 2.32. The number of rotatable bonds is 5. The number of nitro benzene ring substituents is 1. The number of amides is 3. The molecule has 0 saturated carbocycles. The van der Waals surface area contributed by atoms with Crippen LogP contribution in [0, 0.1) is 10.1 Å². The van der Waals surface area contributed by atoms with E-state index in [2.05, 4.69) is 10.6 Å². The number of fused-ring (bicyclic) bond motifs is 1. The number of carbonyl (C=O) groups excluding carboxylic acids is 3. The van der Waals surface area contributed by atoms with Crippen LogP contribution in [0.5, 0.6) is 0 Å². The SMILES string of the molecule is CNC(=O)NC1CCc2ccccc2N(CC(=O)c2cccc([N+](=O)[O-])c2)C1=O. The van der Waals surface area contributed by atoms with E-state index in [4.69, 9.17) is 0 Å². The first-order chi connectivity index (χ1) is 13.9. The van der Waals surface area contributed by atoms with Crippen molar-refractivity contribution in [3.63, 3.8) is 0 Å². The molecule has 1 atom stereocenters. The van der Waals surface area contributed by atoms with E-state index in [0.717, 1.165) is 5.56 Å². The second-order valence-corrected chi connectivity index (χ2v) is 6.60. The third-order valence-corrected chi connectivity index (χ3v) is 4.76. The van der Waals surface area contributed by atoms with Crippen molar-refractivity contribution in [1.29, 1.82) is 0 Å². The van der Waals surface area contributed by atoms with Crippen LogP contribution < -0.4 is 15.5 Å². The van der Waals surface area contributed by atoms with Crippen LogP contribution in [-0.2, 0) is 11.2 Å². The van der Waals surface area contributed by atoms with Crippen LogP contribution in [0.2, 0.25) is 0 Å². The largest absolute Gasteiger partial charge is 0.341 e. The van der Waals surface area contributed by atoms with E-state index in [1.165, 1.54) is 36.2 Å². The van der Waals surface area contributed by atoms with Crippen molar-refractivity contribution < 1.29 is 19.3 Å². The maximum absolute atomic E-state index is 13.1. The number of benzene rings is 2. The van der Waals surface area contributed by atoms with Crippen molar-refractivity contribution in [2.24, 2.45) is 0 Å². The fraction of sp³-hybridized carbons (Fsp3) is 0.250. The number of para-hydroxylation sites is 1. The number of anilines is 1. The second kappa shape index (κ2) is 8.51. The summed E-state index contributed by atoms with van der Waals surface area (Å²) in [5, 5.41) is 16.0. The highest BCUT2D eigenvalue weighted by Crippen LogP contribution is 2.27. The molecule has 3 rings (SSSR count). The van der Waals surface area contributed by atoms with E-state index >= 15 is 0 Å². The number of carbonyl (C=O) groups is 3. The molecule has 1 unspecified atom stereocenters. The van der Waals surface area contributed by atoms with E-state index in [1.54, 1.807) is 12.1 Å². The molecule has 0 fully saturated rings. The lowest BCUT2D eigenvalue weighted by Gasteiger charge is -2.25. The van der Waals surface area contributed by atoms with Crippen molar-refractivity contribution in [1.82, 2.24) is 10.6 Å². The molecule has 1 aliphatic rings. The Morgan fingerprint density at radius 3 is 2.69 bits per heavy atom. The first-order valence-corrected chi connectivity index (χ1v) is 9.06. The number of hydrogen-bond acceptors (Lipinski definition) is 5. The van der Waals surface area contributed by atoms with Gasteiger partial charge < -0.3 is 15.5 Å². The van der Waals surface area contributed by atoms with Gasteiger partial charge in [-0.05, 0) is 24.5 Å². The molecule has 0 aromatic heterocycles. The van der Waals surface area contributed by atoms with Crippen LogP contribution in [0.25, 0.3) is 0 Å². The van der Waals surface area contributed by atoms with Gasteiger partial charge in [-0.1, -0.05) is 30.3 Å². The Morgan fingerprint density at radius 1 is 1.21 bits per heavy atom. The Bertz CT molecular complexity index is 975. The van der Waals surface area contributed by atoms with Crippen molar-refractivity contribution in [3.8, 4) is 0 Å². The monoisotopic (exact) mass is 396 g/mol. The standard InChI is InChI=1S/C20H20N4O5/c1-21-20(27)22-16-10-9-13-5-2-3-8-17(13)23(19(16)26)12-18(25)14-6-4-7-15(11-14)24(28)29/h2-8,11,16H,9-10,12H2,1H3,(H2,21,22,27). The second-order valence-electron chi connectivity index (χ2n) is 6.60. The lowest BCUT2D eigenvalue weighted by Crippen LogP contribution is -2.51. The molecule has 3 amide bonds. The first kappa shape index (κ1) is 20.0. The van der Waals surface area contributed by atoms with Gasteiger partial charge in [0.2, 0.25) is 5.91 Å². The van der Waals surface area contributed by atoms with E-state index < -0.39 is 28.7 Å². The minimum atomic E-state index is -0.791. The van der Waals surface area contributed by atoms with Crippen LogP contribution >= 0.6 is 0 Å². The van der Waals surface area contributed by atoms with Crippen LogP contribution in [0.1, 0.15) is 22.3 Å². The number of hydrogen-bond donors (Lipinski definition) is 2. The van der Waals surface area contributed by atoms with Gasteiger partial charge in [0.25, 0.3) is 5.69 Å². The molecular weight excluding hydrogens is 376 g/mol. The average Bonchev–Trinajstić information content (AvgIpc) is 2.86. The van der Waals surface area contributed by atoms with E-state index in [9.17, 15) is 24.5 Å². The zero-order chi connectivity index (χ0) is 21.0. The molecule has 0 bridgehead atoms. The van der Waals surface area contributed by atoms with E-state index in [-0.39, 0.29) is 17.8 Å². The number of non-ortho nitro benzene ring substituents is 1. The quantitative estimate of drug-likeness (QED) is 0.455. The summed E-state index contributed by atoms with van der Waals surface area (Å²) < 4.78 is 0. The summed E-state index contributed by atoms with van der Waals surface area (Å²) in [6.07, 6.45) is 0.947. The Balaban J connectivity index is 1.92. The smallest absolute Gasteiger partial charge is 0.315 e. The molecule has 29 heavy (non-hydrogen) atoms. The van der Waals surface area contributed by atoms with Crippen molar-refractivity contribution in [2.45, 2.75) is 18.9 Å². The highest BCUT2D eigenvalue weighted by atomic mass is 16.6. The van der Waals surface area contributed by atoms with Gasteiger partial charge in [0.15, 0.2) is 5.78 Å². The van der Waals surface area contributed by atoms with Crippen molar-refractivity contribution in [3.05, 3.63) is 69.8 Å². The van der Waals surface area contributed by atoms with Gasteiger partial charge in [0, 0.05) is 30.4 Å². The number of Topliss-reactive ketones (excluding diaryl/α,β-unsaturated/α-hetero) is 1. The Morgan fingerprint density at radius 2 is 1.97 bits per heavy atom. The molecule has 1 aliphatic heterocycles. The molecule has 2 aromatic carbocycles. The number of ketones is 1. The van der Waals surface area contributed by atoms with Crippen LogP contribution in [0.3, 0.4) is 0 Å². The van der Waals surface area contributed by atoms with Gasteiger partial charge >= 0.3 is 6.03 Å². The summed E-state index contributed by atoms with van der Waals surface area (Å²) in [7, 11) is 1.45. The third-order valence-electron chi connectivity index (χ3n) is 4.76. The van der Waals surface area contributed by atoms with Crippen LogP contribution in [-0.4, -0.2) is 42.3 Å². The maximum atomic E-state index is 13.1. The Hall–Kier alpha value is -3.75. The first-order valence-electron chi connectivity index (χ1n) is 9.06. The number of nitrogens with one attached hydrogen (secondary N) is 2. The van der Waals surface area contributed by atoms with Crippen molar-refractivity contribution >= 4 is 29.1 Å². The molecule has 0 saturated heterocycles. The van der Waals surface area contributed by atoms with Gasteiger partial charge in [-0.15, -0.1) is 0 Å². The van der Waals surface area contributed by atoms with Gasteiger partial charge in [-0.3, -0.25) is 19.7 Å². The molecule has 2 aromatic rings. The summed E-state index contributed by atoms with van der Waals surface area (Å²) in [5.74, 6) is -0.838. The summed E-state index contributed by atoms with van der Waals surface area (Å²) >= 11 is 0. The Kier molecular flexibility index (Phi) is 5.87. The molecule has 0 spiro atoms. The number of nitrogens with zero attached hydrogens (tertiary/aromatic N) is 2. The van der Waals surface area contributed by atoms with Gasteiger partial charge in [-0.2, -0.15) is 0 Å². The molecule has 9 heteroatoms. The van der Waals surface area contributed by atoms with Crippen LogP contribution in [0.4, 0.5) is 16.2 Å². The van der Waals surface area contributed by atoms with E-state index in [1.807, 2.05) is 12.1 Å².